The number of nitrogens with one attached hydrogen (secondary N) is 1. The fourth-order valence-electron chi connectivity index (χ4n) is 2.84. The third-order valence-corrected chi connectivity index (χ3v) is 6.14. The molecule has 0 aliphatic rings. The molecule has 0 atom stereocenters. The fraction of sp³-hybridized carbons (Fsp3) is 0.200. The molecule has 3 aromatic heterocycles. The first-order valence-corrected chi connectivity index (χ1v) is 10.6. The summed E-state index contributed by atoms with van der Waals surface area (Å²) in [6.07, 6.45) is 0.276. The number of carbonyl (C=O) groups is 2. The number of Topliss-reactive ketones (excluding diaryl/α,β-unsaturated/α-hetero) is 1. The number of thiophene rings is 1. The summed E-state index contributed by atoms with van der Waals surface area (Å²) in [6, 6.07) is 11.0. The molecule has 0 saturated carbocycles. The smallest absolute Gasteiger partial charge is 0.225 e. The molecule has 1 N–H and O–H groups in total. The average Bonchev–Trinajstić information content (AvgIpc) is 3.44. The molecule has 0 unspecified atom stereocenters. The van der Waals surface area contributed by atoms with Crippen molar-refractivity contribution in [2.75, 3.05) is 12.4 Å². The summed E-state index contributed by atoms with van der Waals surface area (Å²) in [5.74, 6) is 1.02. The second kappa shape index (κ2) is 8.14. The first-order chi connectivity index (χ1) is 14.0. The predicted octanol–water partition coefficient (Wildman–Crippen LogP) is 4.46. The molecule has 1 aromatic carbocycles. The van der Waals surface area contributed by atoms with Gasteiger partial charge < -0.3 is 10.1 Å². The van der Waals surface area contributed by atoms with Gasteiger partial charge >= 0.3 is 0 Å². The van der Waals surface area contributed by atoms with Crippen LogP contribution in [0.1, 0.15) is 28.2 Å². The Morgan fingerprint density at radius 2 is 2.07 bits per heavy atom. The van der Waals surface area contributed by atoms with Crippen LogP contribution in [0.3, 0.4) is 0 Å². The van der Waals surface area contributed by atoms with Crippen molar-refractivity contribution >= 4 is 50.4 Å². The van der Waals surface area contributed by atoms with Gasteiger partial charge in [0.1, 0.15) is 11.6 Å². The highest BCUT2D eigenvalue weighted by atomic mass is 32.1. The van der Waals surface area contributed by atoms with Crippen molar-refractivity contribution in [1.82, 2.24) is 14.8 Å². The maximum Gasteiger partial charge on any atom is 0.225 e. The van der Waals surface area contributed by atoms with Crippen LogP contribution in [-0.2, 0) is 4.79 Å². The number of ketones is 1. The van der Waals surface area contributed by atoms with E-state index in [-0.39, 0.29) is 24.5 Å². The molecule has 4 rings (SSSR count). The Labute approximate surface area is 175 Å². The van der Waals surface area contributed by atoms with E-state index in [2.05, 4.69) is 15.4 Å². The van der Waals surface area contributed by atoms with E-state index in [4.69, 9.17) is 4.74 Å². The van der Waals surface area contributed by atoms with Crippen LogP contribution in [0.15, 0.2) is 41.8 Å². The van der Waals surface area contributed by atoms with E-state index in [1.54, 1.807) is 23.9 Å². The summed E-state index contributed by atoms with van der Waals surface area (Å²) in [5.41, 5.74) is 1.59. The average molecular weight is 427 g/mol. The number of hydrogen-bond acceptors (Lipinski definition) is 7. The van der Waals surface area contributed by atoms with Crippen molar-refractivity contribution in [2.24, 2.45) is 0 Å². The van der Waals surface area contributed by atoms with Crippen LogP contribution < -0.4 is 10.1 Å². The number of aryl methyl sites for hydroxylation is 1. The minimum absolute atomic E-state index is 0.0278. The number of methoxy groups -OCH3 is 1. The molecule has 0 fully saturated rings. The number of aromatic nitrogens is 3. The molecule has 7 nitrogen and oxygen atoms in total. The summed E-state index contributed by atoms with van der Waals surface area (Å²) in [6.45, 7) is 1.85. The number of amides is 1. The van der Waals surface area contributed by atoms with Gasteiger partial charge in [0.25, 0.3) is 0 Å². The van der Waals surface area contributed by atoms with E-state index in [9.17, 15) is 9.59 Å². The molecule has 29 heavy (non-hydrogen) atoms. The molecule has 9 heteroatoms. The second-order valence-corrected chi connectivity index (χ2v) is 8.32. The molecule has 0 aliphatic heterocycles. The Kier molecular flexibility index (Phi) is 5.41. The molecule has 3 heterocycles. The number of nitrogens with zero attached hydrogens (tertiary/aromatic N) is 3. The molecule has 0 saturated heterocycles. The third-order valence-electron chi connectivity index (χ3n) is 4.24. The van der Waals surface area contributed by atoms with Crippen molar-refractivity contribution in [3.05, 3.63) is 52.3 Å². The van der Waals surface area contributed by atoms with Crippen LogP contribution in [0.2, 0.25) is 0 Å². The van der Waals surface area contributed by atoms with Gasteiger partial charge in [0.2, 0.25) is 11.0 Å². The second-order valence-electron chi connectivity index (χ2n) is 6.36. The van der Waals surface area contributed by atoms with Crippen LogP contribution in [-0.4, -0.2) is 33.6 Å². The maximum absolute atomic E-state index is 12.4. The number of hydrogen-bond donors (Lipinski definition) is 1. The predicted molar refractivity (Wildman–Crippen MR) is 115 cm³/mol. The molecule has 1 amide bonds. The Hall–Kier alpha value is -3.04. The van der Waals surface area contributed by atoms with Crippen LogP contribution in [0.4, 0.5) is 5.82 Å². The summed E-state index contributed by atoms with van der Waals surface area (Å²) in [7, 11) is 1.62. The third kappa shape index (κ3) is 4.20. The van der Waals surface area contributed by atoms with Gasteiger partial charge in [-0.2, -0.15) is 9.78 Å². The van der Waals surface area contributed by atoms with Gasteiger partial charge in [-0.15, -0.1) is 11.3 Å². The lowest BCUT2D eigenvalue weighted by Crippen LogP contribution is -2.16. The lowest BCUT2D eigenvalue weighted by atomic mass is 10.2. The summed E-state index contributed by atoms with van der Waals surface area (Å²) in [4.78, 5) is 29.8. The molecule has 0 radical (unpaired) electrons. The monoisotopic (exact) mass is 426 g/mol. The number of carbonyl (C=O) groups excluding carboxylic acids is 2. The Morgan fingerprint density at radius 1 is 1.21 bits per heavy atom. The first kappa shape index (κ1) is 19.3. The molecule has 4 aromatic rings. The van der Waals surface area contributed by atoms with E-state index in [1.165, 1.54) is 22.7 Å². The largest absolute Gasteiger partial charge is 0.497 e. The van der Waals surface area contributed by atoms with Gasteiger partial charge in [0.15, 0.2) is 5.78 Å². The van der Waals surface area contributed by atoms with Crippen molar-refractivity contribution in [2.45, 2.75) is 19.8 Å². The Balaban J connectivity index is 1.51. The molecular formula is C20H18N4O3S2. The van der Waals surface area contributed by atoms with Gasteiger partial charge in [0.05, 0.1) is 27.9 Å². The highest BCUT2D eigenvalue weighted by Crippen LogP contribution is 2.30. The van der Waals surface area contributed by atoms with Gasteiger partial charge in [0, 0.05) is 18.9 Å². The Morgan fingerprint density at radius 3 is 2.83 bits per heavy atom. The molecule has 148 valence electrons. The summed E-state index contributed by atoms with van der Waals surface area (Å²) in [5, 5.41) is 9.81. The fourth-order valence-corrected chi connectivity index (χ4v) is 4.49. The van der Waals surface area contributed by atoms with Crippen molar-refractivity contribution in [1.29, 1.82) is 0 Å². The minimum Gasteiger partial charge on any atom is -0.497 e. The van der Waals surface area contributed by atoms with Crippen molar-refractivity contribution < 1.29 is 14.3 Å². The lowest BCUT2D eigenvalue weighted by Gasteiger charge is -2.06. The SMILES string of the molecule is COc1ccc2nc(-n3nc(C)cc3NC(=O)CCC(=O)c3cccs3)sc2c1. The zero-order valence-corrected chi connectivity index (χ0v) is 17.5. The number of rotatable bonds is 7. The van der Waals surface area contributed by atoms with Gasteiger partial charge in [-0.05, 0) is 36.6 Å². The first-order valence-electron chi connectivity index (χ1n) is 8.91. The van der Waals surface area contributed by atoms with Gasteiger partial charge in [-0.1, -0.05) is 17.4 Å². The number of anilines is 1. The zero-order chi connectivity index (χ0) is 20.4. The van der Waals surface area contributed by atoms with E-state index in [1.807, 2.05) is 36.6 Å². The highest BCUT2D eigenvalue weighted by Gasteiger charge is 2.16. The molecule has 0 aliphatic carbocycles. The number of ether oxygens (including phenoxy) is 1. The normalized spacial score (nSPS) is 11.0. The number of thiazole rings is 1. The highest BCUT2D eigenvalue weighted by molar-refractivity contribution is 7.20. The zero-order valence-electron chi connectivity index (χ0n) is 15.8. The number of fused-ring (bicyclic) bond motifs is 1. The summed E-state index contributed by atoms with van der Waals surface area (Å²) < 4.78 is 7.84. The molecule has 0 spiro atoms. The lowest BCUT2D eigenvalue weighted by molar-refractivity contribution is -0.116. The van der Waals surface area contributed by atoms with Gasteiger partial charge in [-0.3, -0.25) is 9.59 Å². The topological polar surface area (TPSA) is 86.1 Å². The standard InChI is InChI=1S/C20H18N4O3S2/c1-12-10-18(22-19(26)8-7-15(25)16-4-3-9-28-16)24(23-12)20-21-14-6-5-13(27-2)11-17(14)29-20/h3-6,9-11H,7-8H2,1-2H3,(H,22,26). The van der Waals surface area contributed by atoms with Crippen LogP contribution in [0, 0.1) is 6.92 Å². The van der Waals surface area contributed by atoms with Crippen molar-refractivity contribution in [3.8, 4) is 10.9 Å². The maximum atomic E-state index is 12.4. The van der Waals surface area contributed by atoms with E-state index in [0.29, 0.717) is 15.8 Å². The van der Waals surface area contributed by atoms with Crippen LogP contribution in [0.5, 0.6) is 5.75 Å². The van der Waals surface area contributed by atoms with Crippen LogP contribution in [0.25, 0.3) is 15.3 Å². The number of benzene rings is 1. The van der Waals surface area contributed by atoms with E-state index >= 15 is 0 Å². The molecule has 0 bridgehead atoms. The van der Waals surface area contributed by atoms with Gasteiger partial charge in [-0.25, -0.2) is 4.98 Å². The molecular weight excluding hydrogens is 408 g/mol. The van der Waals surface area contributed by atoms with E-state index < -0.39 is 0 Å². The van der Waals surface area contributed by atoms with Crippen molar-refractivity contribution in [3.63, 3.8) is 0 Å². The minimum atomic E-state index is -0.237. The van der Waals surface area contributed by atoms with E-state index in [0.717, 1.165) is 21.7 Å². The summed E-state index contributed by atoms with van der Waals surface area (Å²) >= 11 is 2.84. The van der Waals surface area contributed by atoms with Crippen LogP contribution >= 0.6 is 22.7 Å². The Bertz CT molecular complexity index is 1180. The quantitative estimate of drug-likeness (QED) is 0.441.